The molecule has 28 heavy (non-hydrogen) atoms. The van der Waals surface area contributed by atoms with Gasteiger partial charge in [0.15, 0.2) is 6.10 Å². The smallest absolute Gasteiger partial charge is 0.408 e. The fourth-order valence-electron chi connectivity index (χ4n) is 3.44. The van der Waals surface area contributed by atoms with Crippen molar-refractivity contribution in [1.29, 1.82) is 0 Å². The van der Waals surface area contributed by atoms with E-state index in [-0.39, 0.29) is 12.0 Å². The van der Waals surface area contributed by atoms with Crippen molar-refractivity contribution >= 4 is 17.7 Å². The lowest BCUT2D eigenvalue weighted by molar-refractivity contribution is -0.134. The van der Waals surface area contributed by atoms with Gasteiger partial charge in [0.05, 0.1) is 12.3 Å². The monoisotopic (exact) mass is 387 g/mol. The lowest BCUT2D eigenvalue weighted by atomic mass is 10.0. The van der Waals surface area contributed by atoms with Gasteiger partial charge in [-0.1, -0.05) is 35.5 Å². The van der Waals surface area contributed by atoms with Gasteiger partial charge in [0.25, 0.3) is 0 Å². The van der Waals surface area contributed by atoms with Gasteiger partial charge in [0.2, 0.25) is 5.91 Å². The maximum Gasteiger partial charge on any atom is 0.408 e. The van der Waals surface area contributed by atoms with E-state index in [1.165, 1.54) is 0 Å². The minimum atomic E-state index is -0.597. The van der Waals surface area contributed by atoms with Crippen LogP contribution in [0.3, 0.4) is 0 Å². The second kappa shape index (κ2) is 8.63. The summed E-state index contributed by atoms with van der Waals surface area (Å²) < 4.78 is 5.30. The first-order valence-electron chi connectivity index (χ1n) is 9.88. The molecule has 1 fully saturated rings. The number of hydrogen-bond acceptors (Lipinski definition) is 5. The van der Waals surface area contributed by atoms with Crippen LogP contribution in [0, 0.1) is 0 Å². The van der Waals surface area contributed by atoms with Crippen LogP contribution < -0.4 is 5.32 Å². The first kappa shape index (κ1) is 20.2. The van der Waals surface area contributed by atoms with Crippen molar-refractivity contribution in [1.82, 2.24) is 10.2 Å². The number of nitrogens with zero attached hydrogens (tertiary/aromatic N) is 2. The zero-order chi connectivity index (χ0) is 20.1. The van der Waals surface area contributed by atoms with Gasteiger partial charge in [0, 0.05) is 13.0 Å². The summed E-state index contributed by atoms with van der Waals surface area (Å²) >= 11 is 0. The Morgan fingerprint density at radius 1 is 1.29 bits per heavy atom. The van der Waals surface area contributed by atoms with Crippen LogP contribution in [0.4, 0.5) is 4.79 Å². The number of benzene rings is 1. The van der Waals surface area contributed by atoms with Gasteiger partial charge >= 0.3 is 6.09 Å². The molecule has 0 aliphatic carbocycles. The van der Waals surface area contributed by atoms with Gasteiger partial charge in [-0.25, -0.2) is 4.79 Å². The largest absolute Gasteiger partial charge is 0.444 e. The lowest BCUT2D eigenvalue weighted by Gasteiger charge is -2.27. The Morgan fingerprint density at radius 3 is 2.75 bits per heavy atom. The van der Waals surface area contributed by atoms with Crippen molar-refractivity contribution in [3.63, 3.8) is 0 Å². The predicted molar refractivity (Wildman–Crippen MR) is 106 cm³/mol. The van der Waals surface area contributed by atoms with Gasteiger partial charge in [0.1, 0.15) is 11.6 Å². The second-order valence-corrected chi connectivity index (χ2v) is 8.31. The summed E-state index contributed by atoms with van der Waals surface area (Å²) in [5.41, 5.74) is 1.34. The van der Waals surface area contributed by atoms with Crippen molar-refractivity contribution in [2.24, 2.45) is 5.16 Å². The molecule has 2 aliphatic rings. The number of oxime groups is 1. The van der Waals surface area contributed by atoms with E-state index in [1.54, 1.807) is 25.7 Å². The predicted octanol–water partition coefficient (Wildman–Crippen LogP) is 3.09. The highest BCUT2D eigenvalue weighted by molar-refractivity contribution is 6.01. The molecule has 1 aromatic rings. The van der Waals surface area contributed by atoms with E-state index in [1.807, 2.05) is 30.3 Å². The van der Waals surface area contributed by atoms with E-state index >= 15 is 0 Å². The molecule has 2 atom stereocenters. The molecule has 0 spiro atoms. The van der Waals surface area contributed by atoms with Gasteiger partial charge in [-0.15, -0.1) is 0 Å². The maximum atomic E-state index is 12.9. The Morgan fingerprint density at radius 2 is 2.04 bits per heavy atom. The van der Waals surface area contributed by atoms with E-state index in [9.17, 15) is 9.59 Å². The molecule has 2 amide bonds. The highest BCUT2D eigenvalue weighted by atomic mass is 16.6. The molecule has 2 heterocycles. The Kier molecular flexibility index (Phi) is 6.21. The van der Waals surface area contributed by atoms with E-state index in [4.69, 9.17) is 9.57 Å². The molecular weight excluding hydrogens is 358 g/mol. The minimum absolute atomic E-state index is 0.0832. The summed E-state index contributed by atoms with van der Waals surface area (Å²) in [4.78, 5) is 32.4. The van der Waals surface area contributed by atoms with Crippen LogP contribution >= 0.6 is 0 Å². The molecule has 7 heteroatoms. The summed E-state index contributed by atoms with van der Waals surface area (Å²) in [5, 5.41) is 6.93. The molecule has 0 saturated carbocycles. The average Bonchev–Trinajstić information content (AvgIpc) is 3.03. The molecule has 1 aromatic carbocycles. The number of carbonyl (C=O) groups is 2. The fourth-order valence-corrected chi connectivity index (χ4v) is 3.44. The number of amides is 2. The number of rotatable bonds is 4. The van der Waals surface area contributed by atoms with Crippen LogP contribution in [0.5, 0.6) is 0 Å². The van der Waals surface area contributed by atoms with Gasteiger partial charge in [-0.05, 0) is 45.6 Å². The lowest BCUT2D eigenvalue weighted by Crippen LogP contribution is -2.50. The zero-order valence-electron chi connectivity index (χ0n) is 16.8. The van der Waals surface area contributed by atoms with Crippen LogP contribution in [0.1, 0.15) is 52.0 Å². The number of ether oxygens (including phenoxy) is 1. The van der Waals surface area contributed by atoms with Crippen LogP contribution in [-0.4, -0.2) is 53.4 Å². The summed E-state index contributed by atoms with van der Waals surface area (Å²) in [6.07, 6.45) is 2.33. The van der Waals surface area contributed by atoms with Crippen molar-refractivity contribution in [3.05, 3.63) is 35.9 Å². The van der Waals surface area contributed by atoms with Gasteiger partial charge < -0.3 is 19.8 Å². The molecule has 0 bridgehead atoms. The quantitative estimate of drug-likeness (QED) is 0.861. The molecule has 1 unspecified atom stereocenters. The van der Waals surface area contributed by atoms with Crippen LogP contribution in [0.15, 0.2) is 35.5 Å². The van der Waals surface area contributed by atoms with Crippen LogP contribution in [-0.2, 0) is 14.4 Å². The van der Waals surface area contributed by atoms with Crippen molar-refractivity contribution < 1.29 is 19.2 Å². The molecule has 3 rings (SSSR count). The molecule has 1 saturated heterocycles. The number of likely N-dealkylation sites (tertiary alicyclic amines) is 1. The Hall–Kier alpha value is -2.57. The molecule has 7 nitrogen and oxygen atoms in total. The van der Waals surface area contributed by atoms with Crippen LogP contribution in [0.2, 0.25) is 0 Å². The van der Waals surface area contributed by atoms with Gasteiger partial charge in [-0.3, -0.25) is 4.79 Å². The minimum Gasteiger partial charge on any atom is -0.444 e. The Bertz CT molecular complexity index is 727. The molecule has 152 valence electrons. The highest BCUT2D eigenvalue weighted by Gasteiger charge is 2.33. The number of nitrogens with one attached hydrogen (secondary N) is 1. The Balaban J connectivity index is 1.56. The van der Waals surface area contributed by atoms with E-state index in [0.717, 1.165) is 24.1 Å². The molecule has 1 N–H and O–H groups in total. The van der Waals surface area contributed by atoms with Crippen LogP contribution in [0.25, 0.3) is 0 Å². The molecule has 0 aromatic heterocycles. The molecule has 2 aliphatic heterocycles. The fraction of sp³-hybridized carbons (Fsp3) is 0.571. The maximum absolute atomic E-state index is 12.9. The van der Waals surface area contributed by atoms with E-state index < -0.39 is 17.7 Å². The van der Waals surface area contributed by atoms with Crippen molar-refractivity contribution in [2.75, 3.05) is 13.1 Å². The molecular formula is C21H29N3O4. The third-order valence-electron chi connectivity index (χ3n) is 4.74. The number of alkyl carbamates (subject to hydrolysis) is 1. The normalized spacial score (nSPS) is 22.9. The average molecular weight is 387 g/mol. The third kappa shape index (κ3) is 5.47. The van der Waals surface area contributed by atoms with Crippen molar-refractivity contribution in [3.8, 4) is 0 Å². The Labute approximate surface area is 166 Å². The van der Waals surface area contributed by atoms with E-state index in [2.05, 4.69) is 10.5 Å². The molecule has 0 radical (unpaired) electrons. The second-order valence-electron chi connectivity index (χ2n) is 8.31. The van der Waals surface area contributed by atoms with Gasteiger partial charge in [-0.2, -0.15) is 0 Å². The highest BCUT2D eigenvalue weighted by Crippen LogP contribution is 2.20. The van der Waals surface area contributed by atoms with Crippen molar-refractivity contribution in [2.45, 2.75) is 64.2 Å². The summed E-state index contributed by atoms with van der Waals surface area (Å²) in [6.45, 7) is 6.53. The summed E-state index contributed by atoms with van der Waals surface area (Å²) in [5.74, 6) is -0.0832. The topological polar surface area (TPSA) is 80.2 Å². The first-order valence-corrected chi connectivity index (χ1v) is 9.88. The first-order chi connectivity index (χ1) is 13.3. The summed E-state index contributed by atoms with van der Waals surface area (Å²) in [6, 6.07) is 9.34. The number of carbonyl (C=O) groups excluding carboxylic acids is 2. The van der Waals surface area contributed by atoms with E-state index in [0.29, 0.717) is 25.9 Å². The number of hydrogen-bond donors (Lipinski definition) is 1. The summed E-state index contributed by atoms with van der Waals surface area (Å²) in [7, 11) is 0. The zero-order valence-corrected chi connectivity index (χ0v) is 16.8. The SMILES string of the molecule is CC(C)(C)OC(=O)N[C@H]1CCCCN(CC2CC(c3ccccc3)=NO2)C1=O. The third-order valence-corrected chi connectivity index (χ3v) is 4.74. The standard InChI is InChI=1S/C21H29N3O4/c1-21(2,3)27-20(26)22-17-11-7-8-12-24(19(17)25)14-16-13-18(23-28-16)15-9-5-4-6-10-15/h4-6,9-10,16-17H,7-8,11-14H2,1-3H3,(H,22,26)/t16?,17-/m0/s1.